The molecule has 0 aliphatic heterocycles. The molecule has 6 heteroatoms. The normalized spacial score (nSPS) is 13.8. The van der Waals surface area contributed by atoms with E-state index in [0.29, 0.717) is 6.54 Å². The van der Waals surface area contributed by atoms with Crippen LogP contribution in [0.15, 0.2) is 23.1 Å². The SMILES string of the molecule is CCCCNC(=O)NS(=O)(=O)c1ccc2c(c1)CCC2. The van der Waals surface area contributed by atoms with E-state index in [-0.39, 0.29) is 4.90 Å². The second-order valence-electron chi connectivity index (χ2n) is 5.00. The number of carbonyl (C=O) groups excluding carboxylic acids is 1. The molecule has 20 heavy (non-hydrogen) atoms. The van der Waals surface area contributed by atoms with E-state index in [1.165, 1.54) is 5.56 Å². The Labute approximate surface area is 119 Å². The number of sulfonamides is 1. The van der Waals surface area contributed by atoms with Crippen LogP contribution in [0.1, 0.15) is 37.3 Å². The molecule has 0 atom stereocenters. The van der Waals surface area contributed by atoms with Gasteiger partial charge in [-0.15, -0.1) is 0 Å². The van der Waals surface area contributed by atoms with Gasteiger partial charge in [-0.3, -0.25) is 0 Å². The van der Waals surface area contributed by atoms with Crippen LogP contribution in [0.3, 0.4) is 0 Å². The van der Waals surface area contributed by atoms with E-state index in [4.69, 9.17) is 0 Å². The van der Waals surface area contributed by atoms with Gasteiger partial charge >= 0.3 is 6.03 Å². The molecule has 5 nitrogen and oxygen atoms in total. The minimum Gasteiger partial charge on any atom is -0.337 e. The first-order chi connectivity index (χ1) is 9.53. The lowest BCUT2D eigenvalue weighted by molar-refractivity contribution is 0.245. The van der Waals surface area contributed by atoms with E-state index in [1.807, 2.05) is 17.7 Å². The first-order valence-corrected chi connectivity index (χ1v) is 8.43. The van der Waals surface area contributed by atoms with E-state index >= 15 is 0 Å². The van der Waals surface area contributed by atoms with E-state index in [1.54, 1.807) is 12.1 Å². The first-order valence-electron chi connectivity index (χ1n) is 6.95. The number of carbonyl (C=O) groups is 1. The average molecular weight is 296 g/mol. The largest absolute Gasteiger partial charge is 0.337 e. The first kappa shape index (κ1) is 14.8. The van der Waals surface area contributed by atoms with Gasteiger partial charge in [0.15, 0.2) is 0 Å². The standard InChI is InChI=1S/C14H20N2O3S/c1-2-3-9-15-14(17)16-20(18,19)13-8-7-11-5-4-6-12(11)10-13/h7-8,10H,2-6,9H2,1H3,(H2,15,16,17). The maximum absolute atomic E-state index is 12.1. The van der Waals surface area contributed by atoms with E-state index in [2.05, 4.69) is 5.32 Å². The lowest BCUT2D eigenvalue weighted by Gasteiger charge is -2.09. The van der Waals surface area contributed by atoms with Crippen molar-refractivity contribution in [2.24, 2.45) is 0 Å². The Morgan fingerprint density at radius 1 is 1.25 bits per heavy atom. The number of fused-ring (bicyclic) bond motifs is 1. The monoisotopic (exact) mass is 296 g/mol. The second kappa shape index (κ2) is 6.26. The van der Waals surface area contributed by atoms with Gasteiger partial charge in [-0.2, -0.15) is 0 Å². The molecule has 2 amide bonds. The summed E-state index contributed by atoms with van der Waals surface area (Å²) in [6.07, 6.45) is 4.73. The fourth-order valence-electron chi connectivity index (χ4n) is 2.31. The third-order valence-corrected chi connectivity index (χ3v) is 4.75. The second-order valence-corrected chi connectivity index (χ2v) is 6.68. The number of benzene rings is 1. The van der Waals surface area contributed by atoms with Gasteiger partial charge in [0.2, 0.25) is 0 Å². The summed E-state index contributed by atoms with van der Waals surface area (Å²) in [4.78, 5) is 11.7. The minimum atomic E-state index is -3.78. The summed E-state index contributed by atoms with van der Waals surface area (Å²) >= 11 is 0. The van der Waals surface area contributed by atoms with Crippen LogP contribution in [0.4, 0.5) is 4.79 Å². The Bertz CT molecular complexity index is 596. The predicted octanol–water partition coefficient (Wildman–Crippen LogP) is 1.96. The van der Waals surface area contributed by atoms with Gasteiger partial charge in [0, 0.05) is 6.54 Å². The minimum absolute atomic E-state index is 0.156. The van der Waals surface area contributed by atoms with E-state index in [9.17, 15) is 13.2 Å². The zero-order chi connectivity index (χ0) is 14.6. The van der Waals surface area contributed by atoms with Crippen LogP contribution in [0.25, 0.3) is 0 Å². The highest BCUT2D eigenvalue weighted by atomic mass is 32.2. The molecule has 1 aromatic carbocycles. The molecule has 1 aliphatic carbocycles. The van der Waals surface area contributed by atoms with Gasteiger partial charge in [0.05, 0.1) is 4.90 Å². The zero-order valence-electron chi connectivity index (χ0n) is 11.6. The van der Waals surface area contributed by atoms with Crippen LogP contribution in [-0.4, -0.2) is 21.0 Å². The number of amides is 2. The molecule has 2 N–H and O–H groups in total. The molecule has 0 radical (unpaired) electrons. The Morgan fingerprint density at radius 2 is 2.00 bits per heavy atom. The van der Waals surface area contributed by atoms with Crippen molar-refractivity contribution in [2.75, 3.05) is 6.54 Å². The third kappa shape index (κ3) is 3.50. The Hall–Kier alpha value is -1.56. The van der Waals surface area contributed by atoms with Gasteiger partial charge in [0.1, 0.15) is 0 Å². The van der Waals surface area contributed by atoms with Crippen LogP contribution >= 0.6 is 0 Å². The number of nitrogens with one attached hydrogen (secondary N) is 2. The predicted molar refractivity (Wildman–Crippen MR) is 77.1 cm³/mol. The molecule has 0 aromatic heterocycles. The quantitative estimate of drug-likeness (QED) is 0.816. The van der Waals surface area contributed by atoms with Crippen LogP contribution in [-0.2, 0) is 22.9 Å². The summed E-state index contributed by atoms with van der Waals surface area (Å²) in [5.74, 6) is 0. The Kier molecular flexibility index (Phi) is 4.65. The highest BCUT2D eigenvalue weighted by Gasteiger charge is 2.20. The molecule has 0 bridgehead atoms. The zero-order valence-corrected chi connectivity index (χ0v) is 12.4. The van der Waals surface area contributed by atoms with E-state index < -0.39 is 16.1 Å². The summed E-state index contributed by atoms with van der Waals surface area (Å²) in [6, 6.07) is 4.40. The molecule has 0 unspecified atom stereocenters. The number of unbranched alkanes of at least 4 members (excludes halogenated alkanes) is 1. The molecular weight excluding hydrogens is 276 g/mol. The number of urea groups is 1. The van der Waals surface area contributed by atoms with Gasteiger partial charge in [0.25, 0.3) is 10.0 Å². The van der Waals surface area contributed by atoms with Crippen molar-refractivity contribution in [3.05, 3.63) is 29.3 Å². The van der Waals surface area contributed by atoms with Gasteiger partial charge < -0.3 is 5.32 Å². The lowest BCUT2D eigenvalue weighted by atomic mass is 10.1. The van der Waals surface area contributed by atoms with Crippen molar-refractivity contribution in [1.29, 1.82) is 0 Å². The summed E-state index contributed by atoms with van der Waals surface area (Å²) in [5.41, 5.74) is 2.27. The summed E-state index contributed by atoms with van der Waals surface area (Å²) in [6.45, 7) is 2.48. The average Bonchev–Trinajstić information content (AvgIpc) is 2.85. The summed E-state index contributed by atoms with van der Waals surface area (Å²) < 4.78 is 26.3. The molecule has 110 valence electrons. The highest BCUT2D eigenvalue weighted by Crippen LogP contribution is 2.24. The molecule has 0 spiro atoms. The van der Waals surface area contributed by atoms with Gasteiger partial charge in [-0.1, -0.05) is 19.4 Å². The molecular formula is C14H20N2O3S. The number of hydrogen-bond acceptors (Lipinski definition) is 3. The molecule has 2 rings (SSSR count). The Morgan fingerprint density at radius 3 is 2.75 bits per heavy atom. The van der Waals surface area contributed by atoms with Gasteiger partial charge in [-0.25, -0.2) is 17.9 Å². The Balaban J connectivity index is 2.05. The number of hydrogen-bond donors (Lipinski definition) is 2. The van der Waals surface area contributed by atoms with Gasteiger partial charge in [-0.05, 0) is 48.9 Å². The van der Waals surface area contributed by atoms with Crippen LogP contribution < -0.4 is 10.0 Å². The highest BCUT2D eigenvalue weighted by molar-refractivity contribution is 7.90. The molecule has 0 heterocycles. The maximum atomic E-state index is 12.1. The fraction of sp³-hybridized carbons (Fsp3) is 0.500. The molecule has 0 saturated carbocycles. The molecule has 0 saturated heterocycles. The summed E-state index contributed by atoms with van der Waals surface area (Å²) in [5, 5.41) is 2.53. The number of rotatable bonds is 5. The number of aryl methyl sites for hydroxylation is 2. The van der Waals surface area contributed by atoms with Crippen LogP contribution in [0.2, 0.25) is 0 Å². The van der Waals surface area contributed by atoms with Crippen molar-refractivity contribution in [3.8, 4) is 0 Å². The van der Waals surface area contributed by atoms with Crippen LogP contribution in [0.5, 0.6) is 0 Å². The topological polar surface area (TPSA) is 75.3 Å². The van der Waals surface area contributed by atoms with Crippen molar-refractivity contribution < 1.29 is 13.2 Å². The van der Waals surface area contributed by atoms with Crippen molar-refractivity contribution >= 4 is 16.1 Å². The maximum Gasteiger partial charge on any atom is 0.328 e. The third-order valence-electron chi connectivity index (χ3n) is 3.42. The lowest BCUT2D eigenvalue weighted by Crippen LogP contribution is -2.39. The van der Waals surface area contributed by atoms with Crippen molar-refractivity contribution in [3.63, 3.8) is 0 Å². The molecule has 0 fully saturated rings. The fourth-order valence-corrected chi connectivity index (χ4v) is 3.29. The summed E-state index contributed by atoms with van der Waals surface area (Å²) in [7, 11) is -3.78. The van der Waals surface area contributed by atoms with E-state index in [0.717, 1.165) is 37.7 Å². The smallest absolute Gasteiger partial charge is 0.328 e. The molecule has 1 aliphatic rings. The van der Waals surface area contributed by atoms with Crippen molar-refractivity contribution in [2.45, 2.75) is 43.9 Å². The van der Waals surface area contributed by atoms with Crippen LogP contribution in [0, 0.1) is 0 Å². The van der Waals surface area contributed by atoms with Crippen molar-refractivity contribution in [1.82, 2.24) is 10.0 Å². The molecule has 1 aromatic rings.